The molecule has 0 aromatic heterocycles. The molecule has 2 rings (SSSR count). The Labute approximate surface area is 136 Å². The molecule has 21 heavy (non-hydrogen) atoms. The number of hydrogen-bond donors (Lipinski definition) is 1. The number of carbonyl (C=O) groups is 1. The topological polar surface area (TPSA) is 32.3 Å². The molecular weight excluding hydrogens is 307 g/mol. The van der Waals surface area contributed by atoms with Crippen molar-refractivity contribution in [2.24, 2.45) is 0 Å². The quantitative estimate of drug-likeness (QED) is 0.884. The zero-order chi connectivity index (χ0) is 15.2. The summed E-state index contributed by atoms with van der Waals surface area (Å²) < 4.78 is 0. The molecule has 5 heteroatoms. The molecule has 1 amide bonds. The predicted molar refractivity (Wildman–Crippen MR) is 87.9 cm³/mol. The maximum atomic E-state index is 12.2. The molecule has 0 bridgehead atoms. The molecule has 1 fully saturated rings. The minimum absolute atomic E-state index is 0.0727. The lowest BCUT2D eigenvalue weighted by Gasteiger charge is -2.28. The molecule has 1 aromatic carbocycles. The van der Waals surface area contributed by atoms with Crippen molar-refractivity contribution in [2.75, 3.05) is 19.6 Å². The van der Waals surface area contributed by atoms with Crippen molar-refractivity contribution in [3.8, 4) is 0 Å². The van der Waals surface area contributed by atoms with Crippen molar-refractivity contribution < 1.29 is 4.79 Å². The van der Waals surface area contributed by atoms with E-state index in [0.717, 1.165) is 37.9 Å². The summed E-state index contributed by atoms with van der Waals surface area (Å²) in [6.45, 7) is 4.21. The zero-order valence-electron chi connectivity index (χ0n) is 12.4. The number of likely N-dealkylation sites (tertiary alicyclic amines) is 1. The minimum Gasteiger partial charge on any atom is -0.342 e. The normalized spacial score (nSPS) is 16.8. The van der Waals surface area contributed by atoms with Gasteiger partial charge in [-0.3, -0.25) is 4.79 Å². The first kappa shape index (κ1) is 16.6. The number of nitrogens with zero attached hydrogens (tertiary/aromatic N) is 1. The molecule has 3 nitrogen and oxygen atoms in total. The van der Waals surface area contributed by atoms with E-state index < -0.39 is 0 Å². The number of amides is 1. The lowest BCUT2D eigenvalue weighted by atomic mass is 10.0. The fourth-order valence-corrected chi connectivity index (χ4v) is 3.26. The second-order valence-electron chi connectivity index (χ2n) is 5.45. The van der Waals surface area contributed by atoms with Crippen LogP contribution in [0.15, 0.2) is 18.2 Å². The van der Waals surface area contributed by atoms with Crippen LogP contribution in [-0.2, 0) is 4.79 Å². The van der Waals surface area contributed by atoms with E-state index in [1.165, 1.54) is 6.42 Å². The average molecular weight is 329 g/mol. The van der Waals surface area contributed by atoms with Gasteiger partial charge in [0.25, 0.3) is 0 Å². The van der Waals surface area contributed by atoms with E-state index >= 15 is 0 Å². The Hall–Kier alpha value is -0.770. The van der Waals surface area contributed by atoms with Crippen molar-refractivity contribution in [1.82, 2.24) is 10.2 Å². The minimum atomic E-state index is 0.0727. The van der Waals surface area contributed by atoms with Crippen LogP contribution in [0.2, 0.25) is 10.0 Å². The van der Waals surface area contributed by atoms with Gasteiger partial charge in [-0.2, -0.15) is 0 Å². The Morgan fingerprint density at radius 1 is 1.29 bits per heavy atom. The third-order valence-electron chi connectivity index (χ3n) is 3.95. The molecule has 0 aliphatic carbocycles. The summed E-state index contributed by atoms with van der Waals surface area (Å²) in [4.78, 5) is 14.1. The molecule has 1 unspecified atom stereocenters. The van der Waals surface area contributed by atoms with Crippen LogP contribution in [0.5, 0.6) is 0 Å². The maximum Gasteiger partial charge on any atom is 0.236 e. The summed E-state index contributed by atoms with van der Waals surface area (Å²) in [6.07, 6.45) is 4.34. The zero-order valence-corrected chi connectivity index (χ0v) is 13.9. The molecule has 1 saturated heterocycles. The van der Waals surface area contributed by atoms with Gasteiger partial charge in [-0.25, -0.2) is 0 Å². The summed E-state index contributed by atoms with van der Waals surface area (Å²) >= 11 is 12.2. The highest BCUT2D eigenvalue weighted by atomic mass is 35.5. The fourth-order valence-electron chi connectivity index (χ4n) is 2.72. The first-order chi connectivity index (χ1) is 10.1. The van der Waals surface area contributed by atoms with Gasteiger partial charge < -0.3 is 10.2 Å². The molecule has 1 aromatic rings. The van der Waals surface area contributed by atoms with Gasteiger partial charge in [0.2, 0.25) is 5.91 Å². The van der Waals surface area contributed by atoms with Crippen LogP contribution in [0.25, 0.3) is 0 Å². The smallest absolute Gasteiger partial charge is 0.236 e. The van der Waals surface area contributed by atoms with Crippen LogP contribution >= 0.6 is 23.2 Å². The molecule has 1 atom stereocenters. The van der Waals surface area contributed by atoms with Crippen molar-refractivity contribution in [3.05, 3.63) is 33.8 Å². The maximum absolute atomic E-state index is 12.2. The van der Waals surface area contributed by atoms with Crippen LogP contribution in [0, 0.1) is 0 Å². The molecule has 1 N–H and O–H groups in total. The van der Waals surface area contributed by atoms with Gasteiger partial charge in [0.15, 0.2) is 0 Å². The van der Waals surface area contributed by atoms with Crippen LogP contribution in [-0.4, -0.2) is 30.4 Å². The van der Waals surface area contributed by atoms with Gasteiger partial charge in [0, 0.05) is 29.2 Å². The van der Waals surface area contributed by atoms with Crippen LogP contribution in [0.3, 0.4) is 0 Å². The number of rotatable bonds is 5. The van der Waals surface area contributed by atoms with Gasteiger partial charge >= 0.3 is 0 Å². The Balaban J connectivity index is 1.94. The van der Waals surface area contributed by atoms with Gasteiger partial charge in [0.1, 0.15) is 0 Å². The number of benzene rings is 1. The lowest BCUT2D eigenvalue weighted by molar-refractivity contribution is -0.131. The van der Waals surface area contributed by atoms with Gasteiger partial charge in [0.05, 0.1) is 6.54 Å². The number of hydrogen-bond acceptors (Lipinski definition) is 2. The first-order valence-corrected chi connectivity index (χ1v) is 8.33. The number of nitrogens with one attached hydrogen (secondary N) is 1. The van der Waals surface area contributed by atoms with E-state index in [4.69, 9.17) is 23.2 Å². The van der Waals surface area contributed by atoms with Crippen molar-refractivity contribution in [1.29, 1.82) is 0 Å². The average Bonchev–Trinajstić information content (AvgIpc) is 2.50. The van der Waals surface area contributed by atoms with Crippen molar-refractivity contribution in [2.45, 2.75) is 38.6 Å². The highest BCUT2D eigenvalue weighted by molar-refractivity contribution is 6.35. The largest absolute Gasteiger partial charge is 0.342 e. The van der Waals surface area contributed by atoms with Crippen LogP contribution in [0.1, 0.15) is 44.2 Å². The molecule has 0 radical (unpaired) electrons. The third kappa shape index (κ3) is 4.60. The summed E-state index contributed by atoms with van der Waals surface area (Å²) in [5, 5.41) is 4.60. The van der Waals surface area contributed by atoms with Crippen molar-refractivity contribution in [3.63, 3.8) is 0 Å². The van der Waals surface area contributed by atoms with Gasteiger partial charge in [-0.15, -0.1) is 0 Å². The first-order valence-electron chi connectivity index (χ1n) is 7.58. The summed E-state index contributed by atoms with van der Waals surface area (Å²) in [5.41, 5.74) is 0.995. The summed E-state index contributed by atoms with van der Waals surface area (Å²) in [5.74, 6) is 0.179. The van der Waals surface area contributed by atoms with E-state index in [1.807, 2.05) is 17.0 Å². The molecule has 1 aliphatic heterocycles. The number of halogens is 2. The molecular formula is C16H22Cl2N2O. The third-order valence-corrected chi connectivity index (χ3v) is 4.52. The van der Waals surface area contributed by atoms with E-state index in [9.17, 15) is 4.79 Å². The standard InChI is InChI=1S/C16H22Cl2N2O/c1-2-15(13-7-6-12(17)10-14(13)18)19-11-16(21)20-8-4-3-5-9-20/h6-7,10,15,19H,2-5,8-9,11H2,1H3. The molecule has 0 spiro atoms. The highest BCUT2D eigenvalue weighted by Crippen LogP contribution is 2.27. The molecule has 0 saturated carbocycles. The highest BCUT2D eigenvalue weighted by Gasteiger charge is 2.19. The van der Waals surface area contributed by atoms with Gasteiger partial charge in [-0.1, -0.05) is 36.2 Å². The monoisotopic (exact) mass is 328 g/mol. The van der Waals surface area contributed by atoms with Crippen LogP contribution in [0.4, 0.5) is 0 Å². The summed E-state index contributed by atoms with van der Waals surface area (Å²) in [6, 6.07) is 5.58. The van der Waals surface area contributed by atoms with Gasteiger partial charge in [-0.05, 0) is 43.4 Å². The fraction of sp³-hybridized carbons (Fsp3) is 0.562. The Morgan fingerprint density at radius 2 is 2.00 bits per heavy atom. The second kappa shape index (κ2) is 8.02. The van der Waals surface area contributed by atoms with E-state index in [2.05, 4.69) is 12.2 Å². The Kier molecular flexibility index (Phi) is 6.34. The molecule has 1 heterocycles. The Morgan fingerprint density at radius 3 is 2.62 bits per heavy atom. The SMILES string of the molecule is CCC(NCC(=O)N1CCCCC1)c1ccc(Cl)cc1Cl. The predicted octanol–water partition coefficient (Wildman–Crippen LogP) is 4.05. The van der Waals surface area contributed by atoms with E-state index in [-0.39, 0.29) is 11.9 Å². The lowest BCUT2D eigenvalue weighted by Crippen LogP contribution is -2.41. The molecule has 1 aliphatic rings. The molecule has 116 valence electrons. The Bertz CT molecular complexity index is 487. The second-order valence-corrected chi connectivity index (χ2v) is 6.29. The number of carbonyl (C=O) groups excluding carboxylic acids is 1. The van der Waals surface area contributed by atoms with Crippen LogP contribution < -0.4 is 5.32 Å². The summed E-state index contributed by atoms with van der Waals surface area (Å²) in [7, 11) is 0. The van der Waals surface area contributed by atoms with E-state index in [0.29, 0.717) is 16.6 Å². The van der Waals surface area contributed by atoms with E-state index in [1.54, 1.807) is 6.07 Å². The number of piperidine rings is 1. The van der Waals surface area contributed by atoms with Crippen molar-refractivity contribution >= 4 is 29.1 Å².